The summed E-state index contributed by atoms with van der Waals surface area (Å²) in [6.07, 6.45) is 0. The molecule has 0 aromatic heterocycles. The van der Waals surface area contributed by atoms with Crippen LogP contribution in [0.4, 0.5) is 5.69 Å². The number of alkyl halides is 1. The minimum Gasteiger partial charge on any atom is -0.365 e. The summed E-state index contributed by atoms with van der Waals surface area (Å²) in [4.78, 5) is 10.9. The molecule has 0 N–H and O–H groups in total. The van der Waals surface area contributed by atoms with Gasteiger partial charge in [-0.05, 0) is 41.9 Å². The predicted octanol–water partition coefficient (Wildman–Crippen LogP) is 3.75. The van der Waals surface area contributed by atoms with Crippen LogP contribution in [0.15, 0.2) is 68.2 Å². The highest BCUT2D eigenvalue weighted by atomic mass is 35.5. The third-order valence-corrected chi connectivity index (χ3v) is 7.55. The standard InChI is InChI=1S/C16H17ClN2O5S2/c1-2-24-16(12-17)25(14-10-8-13(9-11-14)19(20)21)18-26(22,23)15-6-4-3-5-7-15/h3-11,16H,2,12H2,1H3/t16-,25-/m1/s1. The van der Waals surface area contributed by atoms with Gasteiger partial charge in [-0.1, -0.05) is 18.2 Å². The van der Waals surface area contributed by atoms with Crippen LogP contribution in [0.5, 0.6) is 0 Å². The van der Waals surface area contributed by atoms with Crippen molar-refractivity contribution in [3.63, 3.8) is 0 Å². The van der Waals surface area contributed by atoms with E-state index >= 15 is 0 Å². The lowest BCUT2D eigenvalue weighted by atomic mass is 10.3. The smallest absolute Gasteiger partial charge is 0.288 e. The molecule has 2 atom stereocenters. The fourth-order valence-corrected chi connectivity index (χ4v) is 6.02. The number of nitro groups is 1. The monoisotopic (exact) mass is 416 g/mol. The molecule has 0 saturated heterocycles. The van der Waals surface area contributed by atoms with Crippen molar-refractivity contribution >= 4 is 38.0 Å². The molecule has 0 radical (unpaired) electrons. The lowest BCUT2D eigenvalue weighted by Crippen LogP contribution is -2.22. The van der Waals surface area contributed by atoms with E-state index in [0.717, 1.165) is 0 Å². The van der Waals surface area contributed by atoms with Crippen molar-refractivity contribution in [2.45, 2.75) is 22.2 Å². The molecule has 26 heavy (non-hydrogen) atoms. The Labute approximate surface area is 159 Å². The average Bonchev–Trinajstić information content (AvgIpc) is 2.65. The zero-order valence-corrected chi connectivity index (χ0v) is 16.2. The van der Waals surface area contributed by atoms with Crippen LogP contribution < -0.4 is 0 Å². The maximum atomic E-state index is 12.6. The third-order valence-electron chi connectivity index (χ3n) is 3.24. The fourth-order valence-electron chi connectivity index (χ4n) is 2.05. The normalized spacial score (nSPS) is 14.1. The lowest BCUT2D eigenvalue weighted by Gasteiger charge is -2.18. The van der Waals surface area contributed by atoms with Gasteiger partial charge in [0.1, 0.15) is 5.44 Å². The molecule has 7 nitrogen and oxygen atoms in total. The first-order valence-corrected chi connectivity index (χ1v) is 10.8. The third kappa shape index (κ3) is 5.10. The molecule has 0 aliphatic heterocycles. The molecule has 2 aromatic rings. The van der Waals surface area contributed by atoms with E-state index in [1.807, 2.05) is 0 Å². The fraction of sp³-hybridized carbons (Fsp3) is 0.250. The lowest BCUT2D eigenvalue weighted by molar-refractivity contribution is -0.384. The number of rotatable bonds is 8. The highest BCUT2D eigenvalue weighted by Gasteiger charge is 2.22. The van der Waals surface area contributed by atoms with Gasteiger partial charge in [0.25, 0.3) is 15.7 Å². The summed E-state index contributed by atoms with van der Waals surface area (Å²) in [5, 5.41) is 10.8. The van der Waals surface area contributed by atoms with Crippen molar-refractivity contribution < 1.29 is 18.1 Å². The highest BCUT2D eigenvalue weighted by Crippen LogP contribution is 2.23. The molecular formula is C16H17ClN2O5S2. The Kier molecular flexibility index (Phi) is 7.27. The summed E-state index contributed by atoms with van der Waals surface area (Å²) in [5.74, 6) is 0.0295. The van der Waals surface area contributed by atoms with Crippen molar-refractivity contribution in [2.75, 3.05) is 12.5 Å². The Morgan fingerprint density at radius 1 is 1.19 bits per heavy atom. The van der Waals surface area contributed by atoms with Crippen molar-refractivity contribution in [1.82, 2.24) is 0 Å². The Bertz CT molecular complexity index is 887. The van der Waals surface area contributed by atoms with E-state index in [-0.39, 0.29) is 16.5 Å². The van der Waals surface area contributed by atoms with Gasteiger partial charge in [0, 0.05) is 23.6 Å². The van der Waals surface area contributed by atoms with Crippen molar-refractivity contribution in [3.05, 3.63) is 64.7 Å². The molecule has 2 aromatic carbocycles. The van der Waals surface area contributed by atoms with Gasteiger partial charge in [-0.2, -0.15) is 8.42 Å². The summed E-state index contributed by atoms with van der Waals surface area (Å²) in [7, 11) is -5.20. The van der Waals surface area contributed by atoms with Crippen LogP contribution in [0.25, 0.3) is 0 Å². The second-order valence-electron chi connectivity index (χ2n) is 4.97. The van der Waals surface area contributed by atoms with Crippen LogP contribution >= 0.6 is 11.6 Å². The first-order valence-electron chi connectivity index (χ1n) is 7.57. The minimum absolute atomic E-state index is 0.0295. The number of nitrogens with zero attached hydrogens (tertiary/aromatic N) is 2. The molecule has 0 spiro atoms. The van der Waals surface area contributed by atoms with Crippen LogP contribution in [0.1, 0.15) is 6.92 Å². The molecule has 2 rings (SSSR count). The van der Waals surface area contributed by atoms with Crippen molar-refractivity contribution in [2.24, 2.45) is 3.77 Å². The molecule has 0 heterocycles. The Balaban J connectivity index is 2.55. The summed E-state index contributed by atoms with van der Waals surface area (Å²) in [6, 6.07) is 13.4. The maximum absolute atomic E-state index is 12.6. The van der Waals surface area contributed by atoms with Crippen LogP contribution in [0.3, 0.4) is 0 Å². The number of sulfonamides is 1. The molecule has 0 bridgehead atoms. The number of nitro benzene ring substituents is 1. The van der Waals surface area contributed by atoms with E-state index in [2.05, 4.69) is 3.77 Å². The Hall–Kier alpha value is -1.81. The molecule has 0 fully saturated rings. The maximum Gasteiger partial charge on any atom is 0.288 e. The van der Waals surface area contributed by atoms with E-state index in [4.69, 9.17) is 16.3 Å². The molecule has 0 aliphatic carbocycles. The van der Waals surface area contributed by atoms with Gasteiger partial charge in [0.15, 0.2) is 0 Å². The quantitative estimate of drug-likeness (QED) is 0.370. The molecule has 10 heteroatoms. The number of hydrogen-bond acceptors (Lipinski definition) is 5. The summed E-state index contributed by atoms with van der Waals surface area (Å²) in [6.45, 7) is 2.09. The first-order chi connectivity index (χ1) is 12.4. The van der Waals surface area contributed by atoms with Crippen molar-refractivity contribution in [1.29, 1.82) is 0 Å². The van der Waals surface area contributed by atoms with Gasteiger partial charge in [-0.3, -0.25) is 10.1 Å². The van der Waals surface area contributed by atoms with Gasteiger partial charge < -0.3 is 4.74 Å². The van der Waals surface area contributed by atoms with Gasteiger partial charge in [-0.15, -0.1) is 15.4 Å². The molecule has 0 unspecified atom stereocenters. The number of non-ortho nitro benzene ring substituents is 1. The van der Waals surface area contributed by atoms with Gasteiger partial charge >= 0.3 is 0 Å². The van der Waals surface area contributed by atoms with Crippen molar-refractivity contribution in [3.8, 4) is 0 Å². The molecule has 0 saturated carbocycles. The molecule has 0 amide bonds. The summed E-state index contributed by atoms with van der Waals surface area (Å²) >= 11 is 5.97. The number of ether oxygens (including phenoxy) is 1. The van der Waals surface area contributed by atoms with Gasteiger partial charge in [0.05, 0.1) is 15.7 Å². The van der Waals surface area contributed by atoms with E-state index < -0.39 is 31.1 Å². The van der Waals surface area contributed by atoms with E-state index in [0.29, 0.717) is 11.5 Å². The number of halogens is 1. The minimum atomic E-state index is -3.94. The van der Waals surface area contributed by atoms with E-state index in [1.165, 1.54) is 36.4 Å². The largest absolute Gasteiger partial charge is 0.365 e. The number of benzene rings is 2. The zero-order valence-electron chi connectivity index (χ0n) is 13.8. The van der Waals surface area contributed by atoms with E-state index in [9.17, 15) is 18.5 Å². The highest BCUT2D eigenvalue weighted by molar-refractivity contribution is 8.00. The second kappa shape index (κ2) is 9.22. The summed E-state index contributed by atoms with van der Waals surface area (Å²) < 4.78 is 34.9. The van der Waals surface area contributed by atoms with Crippen LogP contribution in [-0.2, 0) is 25.5 Å². The van der Waals surface area contributed by atoms with Gasteiger partial charge in [-0.25, -0.2) is 0 Å². The molecular weight excluding hydrogens is 400 g/mol. The van der Waals surface area contributed by atoms with Crippen LogP contribution in [0.2, 0.25) is 0 Å². The van der Waals surface area contributed by atoms with Crippen LogP contribution in [-0.4, -0.2) is 31.3 Å². The predicted molar refractivity (Wildman–Crippen MR) is 101 cm³/mol. The Morgan fingerprint density at radius 3 is 2.31 bits per heavy atom. The SMILES string of the molecule is CCO[C@@H](CCl)[S@](=NS(=O)(=O)c1ccccc1)c1ccc([N+](=O)[O-])cc1. The first kappa shape index (κ1) is 20.5. The molecule has 0 aliphatic rings. The zero-order chi connectivity index (χ0) is 19.2. The van der Waals surface area contributed by atoms with Gasteiger partial charge in [0.2, 0.25) is 0 Å². The van der Waals surface area contributed by atoms with E-state index in [1.54, 1.807) is 25.1 Å². The molecule has 140 valence electrons. The second-order valence-corrected chi connectivity index (χ2v) is 8.92. The number of hydrogen-bond donors (Lipinski definition) is 0. The topological polar surface area (TPSA) is 98.9 Å². The average molecular weight is 417 g/mol. The Morgan fingerprint density at radius 2 is 1.81 bits per heavy atom. The summed E-state index contributed by atoms with van der Waals surface area (Å²) in [5.41, 5.74) is -0.761. The van der Waals surface area contributed by atoms with Crippen LogP contribution in [0, 0.1) is 10.1 Å².